The van der Waals surface area contributed by atoms with E-state index in [4.69, 9.17) is 12.2 Å². The van der Waals surface area contributed by atoms with Crippen molar-refractivity contribution in [1.82, 2.24) is 0 Å². The quantitative estimate of drug-likeness (QED) is 0.624. The molecule has 17 heavy (non-hydrogen) atoms. The number of carboxylic acid groups (broad SMARTS) is 1. The Bertz CT molecular complexity index is 356. The molecule has 5 heteroatoms. The van der Waals surface area contributed by atoms with E-state index in [2.05, 4.69) is 0 Å². The smallest absolute Gasteiger partial charge is 0.435 e. The number of nitrogens with zero attached hydrogens (tertiary/aromatic N) is 1. The molecule has 0 aromatic heterocycles. The van der Waals surface area contributed by atoms with Crippen LogP contribution >= 0.6 is 12.2 Å². The zero-order chi connectivity index (χ0) is 13.2. The molecule has 2 unspecified atom stereocenters. The van der Waals surface area contributed by atoms with Gasteiger partial charge in [0.25, 0.3) is 0 Å². The predicted molar refractivity (Wildman–Crippen MR) is 68.9 cm³/mol. The molecule has 96 valence electrons. The van der Waals surface area contributed by atoms with Crippen LogP contribution in [0.5, 0.6) is 0 Å². The van der Waals surface area contributed by atoms with E-state index < -0.39 is 6.09 Å². The first kappa shape index (κ1) is 14.3. The lowest BCUT2D eigenvalue weighted by molar-refractivity contribution is -0.777. The van der Waals surface area contributed by atoms with Crippen LogP contribution < -0.4 is 0 Å². The molecule has 0 aromatic rings. The van der Waals surface area contributed by atoms with E-state index in [1.807, 2.05) is 13.8 Å². The maximum absolute atomic E-state index is 11.6. The minimum Gasteiger partial charge on any atom is -0.435 e. The molecule has 1 amide bonds. The van der Waals surface area contributed by atoms with E-state index in [0.717, 1.165) is 12.8 Å². The lowest BCUT2D eigenvalue weighted by atomic mass is 10.0. The number of thiocarbonyl (C=S) groups is 1. The van der Waals surface area contributed by atoms with Gasteiger partial charge in [-0.1, -0.05) is 6.92 Å². The lowest BCUT2D eigenvalue weighted by Gasteiger charge is -2.34. The molecule has 1 aliphatic heterocycles. The van der Waals surface area contributed by atoms with Gasteiger partial charge in [-0.25, -0.2) is 0 Å². The summed E-state index contributed by atoms with van der Waals surface area (Å²) in [5, 5.41) is 9.49. The average Bonchev–Trinajstić information content (AvgIpc) is 2.58. The minimum absolute atomic E-state index is 0.00871. The van der Waals surface area contributed by atoms with Crippen molar-refractivity contribution in [2.75, 3.05) is 6.54 Å². The van der Waals surface area contributed by atoms with Crippen molar-refractivity contribution in [3.05, 3.63) is 0 Å². The van der Waals surface area contributed by atoms with Crippen molar-refractivity contribution < 1.29 is 19.2 Å². The number of amides is 1. The van der Waals surface area contributed by atoms with Crippen molar-refractivity contribution in [2.24, 2.45) is 5.92 Å². The Labute approximate surface area is 107 Å². The molecule has 1 N–H and O–H groups in total. The van der Waals surface area contributed by atoms with Crippen LogP contribution in [0.4, 0.5) is 4.79 Å². The monoisotopic (exact) mass is 258 g/mol. The first-order chi connectivity index (χ1) is 7.82. The SMILES string of the molecule is CC(=O)CC(C)C(=S)[N+]1(C(=O)O)CCC[C@H]1C. The fraction of sp³-hybridized carbons (Fsp3) is 0.750. The second-order valence-electron chi connectivity index (χ2n) is 5.01. The summed E-state index contributed by atoms with van der Waals surface area (Å²) in [5.41, 5.74) is 0. The van der Waals surface area contributed by atoms with Gasteiger partial charge in [0.05, 0.1) is 6.54 Å². The zero-order valence-electron chi connectivity index (χ0n) is 10.6. The molecule has 0 saturated carbocycles. The molecule has 1 aliphatic rings. The maximum atomic E-state index is 11.6. The Kier molecular flexibility index (Phi) is 4.38. The normalized spacial score (nSPS) is 29.9. The van der Waals surface area contributed by atoms with Crippen molar-refractivity contribution >= 4 is 29.1 Å². The standard InChI is InChI=1S/C12H19NO3S/c1-8(7-10(3)14)11(17)13(12(15)16)6-4-5-9(13)2/h8-9H,4-7H2,1-3H3/p+1/t8?,9-,13?/m1/s1. The van der Waals surface area contributed by atoms with Gasteiger partial charge in [0.2, 0.25) is 0 Å². The summed E-state index contributed by atoms with van der Waals surface area (Å²) in [6.07, 6.45) is 1.20. The van der Waals surface area contributed by atoms with Gasteiger partial charge in [0, 0.05) is 25.2 Å². The van der Waals surface area contributed by atoms with Crippen LogP contribution in [0.25, 0.3) is 0 Å². The zero-order valence-corrected chi connectivity index (χ0v) is 11.4. The fourth-order valence-electron chi connectivity index (χ4n) is 2.69. The number of carbonyl (C=O) groups excluding carboxylic acids is 1. The number of likely N-dealkylation sites (tertiary alicyclic amines) is 1. The number of hydrogen-bond acceptors (Lipinski definition) is 3. The number of carbonyl (C=O) groups is 2. The number of ketones is 1. The predicted octanol–water partition coefficient (Wildman–Crippen LogP) is 2.61. The van der Waals surface area contributed by atoms with Gasteiger partial charge in [-0.2, -0.15) is 9.28 Å². The van der Waals surface area contributed by atoms with E-state index in [1.165, 1.54) is 6.92 Å². The number of rotatable bonds is 3. The van der Waals surface area contributed by atoms with Crippen molar-refractivity contribution in [2.45, 2.75) is 46.1 Å². The van der Waals surface area contributed by atoms with E-state index in [0.29, 0.717) is 18.0 Å². The topological polar surface area (TPSA) is 54.4 Å². The van der Waals surface area contributed by atoms with E-state index in [9.17, 15) is 14.7 Å². The highest BCUT2D eigenvalue weighted by Gasteiger charge is 2.51. The number of hydrogen-bond donors (Lipinski definition) is 1. The third-order valence-electron chi connectivity index (χ3n) is 3.63. The molecule has 3 atom stereocenters. The Morgan fingerprint density at radius 3 is 2.47 bits per heavy atom. The summed E-state index contributed by atoms with van der Waals surface area (Å²) in [6.45, 7) is 5.83. The molecule has 0 spiro atoms. The van der Waals surface area contributed by atoms with Crippen LogP contribution in [0.3, 0.4) is 0 Å². The molecular weight excluding hydrogens is 238 g/mol. The van der Waals surface area contributed by atoms with Crippen molar-refractivity contribution in [3.63, 3.8) is 0 Å². The van der Waals surface area contributed by atoms with Gasteiger partial charge >= 0.3 is 6.09 Å². The first-order valence-corrected chi connectivity index (χ1v) is 6.38. The Morgan fingerprint density at radius 1 is 1.53 bits per heavy atom. The van der Waals surface area contributed by atoms with E-state index in [1.54, 1.807) is 0 Å². The molecule has 1 fully saturated rings. The lowest BCUT2D eigenvalue weighted by Crippen LogP contribution is -2.59. The van der Waals surface area contributed by atoms with Gasteiger partial charge in [-0.3, -0.25) is 0 Å². The summed E-state index contributed by atoms with van der Waals surface area (Å²) >= 11 is 5.36. The minimum atomic E-state index is -0.879. The number of quaternary nitrogens is 1. The summed E-state index contributed by atoms with van der Waals surface area (Å²) in [4.78, 5) is 23.2. The average molecular weight is 258 g/mol. The highest BCUT2D eigenvalue weighted by Crippen LogP contribution is 2.31. The van der Waals surface area contributed by atoms with E-state index >= 15 is 0 Å². The molecule has 1 saturated heterocycles. The Balaban J connectivity index is 2.96. The molecule has 0 bridgehead atoms. The molecule has 1 rings (SSSR count). The largest absolute Gasteiger partial charge is 0.519 e. The van der Waals surface area contributed by atoms with Crippen LogP contribution in [-0.4, -0.2) is 39.0 Å². The van der Waals surface area contributed by atoms with Gasteiger partial charge in [-0.15, -0.1) is 0 Å². The Hall–Kier alpha value is -0.810. The molecule has 1 heterocycles. The summed E-state index contributed by atoms with van der Waals surface area (Å²) in [6, 6.07) is 0.00871. The van der Waals surface area contributed by atoms with Gasteiger partial charge < -0.3 is 9.90 Å². The van der Waals surface area contributed by atoms with Gasteiger partial charge in [-0.05, 0) is 26.1 Å². The highest BCUT2D eigenvalue weighted by atomic mass is 32.1. The summed E-state index contributed by atoms with van der Waals surface area (Å²) < 4.78 is -0.135. The van der Waals surface area contributed by atoms with Crippen LogP contribution in [0.1, 0.15) is 40.0 Å². The van der Waals surface area contributed by atoms with Crippen LogP contribution in [0.2, 0.25) is 0 Å². The maximum Gasteiger partial charge on any atom is 0.519 e. The number of Topliss-reactive ketones (excluding diaryl/α,β-unsaturated/α-hetero) is 1. The summed E-state index contributed by atoms with van der Waals surface area (Å²) in [5.74, 6) is -0.102. The molecule has 0 aliphatic carbocycles. The first-order valence-electron chi connectivity index (χ1n) is 5.97. The Morgan fingerprint density at radius 2 is 2.12 bits per heavy atom. The fourth-order valence-corrected chi connectivity index (χ4v) is 3.13. The van der Waals surface area contributed by atoms with Gasteiger partial charge in [0.1, 0.15) is 11.8 Å². The summed E-state index contributed by atoms with van der Waals surface area (Å²) in [7, 11) is 0. The third-order valence-corrected chi connectivity index (χ3v) is 4.36. The second-order valence-corrected chi connectivity index (χ2v) is 5.43. The molecular formula is C12H20NO3S+. The van der Waals surface area contributed by atoms with Crippen molar-refractivity contribution in [1.29, 1.82) is 0 Å². The molecule has 0 aromatic carbocycles. The van der Waals surface area contributed by atoms with Crippen molar-refractivity contribution in [3.8, 4) is 0 Å². The second kappa shape index (κ2) is 5.23. The van der Waals surface area contributed by atoms with Gasteiger partial charge in [0.15, 0.2) is 4.99 Å². The highest BCUT2D eigenvalue weighted by molar-refractivity contribution is 7.80. The van der Waals surface area contributed by atoms with Crippen LogP contribution in [0.15, 0.2) is 0 Å². The van der Waals surface area contributed by atoms with Crippen LogP contribution in [-0.2, 0) is 4.79 Å². The van der Waals surface area contributed by atoms with E-state index in [-0.39, 0.29) is 22.2 Å². The molecule has 0 radical (unpaired) electrons. The van der Waals surface area contributed by atoms with Crippen LogP contribution in [0, 0.1) is 5.92 Å². The third kappa shape index (κ3) is 2.55. The molecule has 4 nitrogen and oxygen atoms in total.